The summed E-state index contributed by atoms with van der Waals surface area (Å²) < 4.78 is 27.1. The lowest BCUT2D eigenvalue weighted by Gasteiger charge is -2.26. The number of aryl methyl sites for hydroxylation is 1. The molecule has 1 aliphatic rings. The highest BCUT2D eigenvalue weighted by atomic mass is 19.1. The van der Waals surface area contributed by atoms with Crippen molar-refractivity contribution in [3.63, 3.8) is 0 Å². The van der Waals surface area contributed by atoms with E-state index in [1.807, 2.05) is 0 Å². The van der Waals surface area contributed by atoms with Crippen molar-refractivity contribution in [1.29, 1.82) is 0 Å². The lowest BCUT2D eigenvalue weighted by Crippen LogP contribution is -2.37. The molecule has 9 heteroatoms. The van der Waals surface area contributed by atoms with Crippen molar-refractivity contribution < 1.29 is 23.5 Å². The number of nitrogens with zero attached hydrogens (tertiary/aromatic N) is 4. The van der Waals surface area contributed by atoms with Gasteiger partial charge in [0.05, 0.1) is 12.2 Å². The van der Waals surface area contributed by atoms with Gasteiger partial charge in [0.25, 0.3) is 0 Å². The highest BCUT2D eigenvalue weighted by molar-refractivity contribution is 5.86. The number of hydrogen-bond acceptors (Lipinski definition) is 5. The predicted octanol–water partition coefficient (Wildman–Crippen LogP) is 3.53. The van der Waals surface area contributed by atoms with E-state index in [1.54, 1.807) is 41.5 Å². The second kappa shape index (κ2) is 7.36. The molecular weight excluding hydrogens is 355 g/mol. The summed E-state index contributed by atoms with van der Waals surface area (Å²) >= 11 is 0. The molecule has 0 aromatic carbocycles. The Bertz CT molecular complexity index is 718. The number of carbonyl (C=O) groups excluding carboxylic acids is 2. The molecule has 0 unspecified atom stereocenters. The van der Waals surface area contributed by atoms with Crippen LogP contribution < -0.4 is 4.90 Å². The fraction of sp³-hybridized carbons (Fsp3) is 0.722. The van der Waals surface area contributed by atoms with Crippen molar-refractivity contribution in [2.75, 3.05) is 18.5 Å². The van der Waals surface area contributed by atoms with E-state index in [2.05, 4.69) is 5.10 Å². The van der Waals surface area contributed by atoms with Gasteiger partial charge in [-0.2, -0.15) is 5.10 Å². The van der Waals surface area contributed by atoms with Crippen molar-refractivity contribution in [3.8, 4) is 0 Å². The minimum Gasteiger partial charge on any atom is -0.444 e. The lowest BCUT2D eigenvalue weighted by molar-refractivity contribution is 0.0234. The Kier molecular flexibility index (Phi) is 5.72. The summed E-state index contributed by atoms with van der Waals surface area (Å²) in [6.07, 6.45) is -0.597. The monoisotopic (exact) mass is 384 g/mol. The second-order valence-electron chi connectivity index (χ2n) is 8.60. The van der Waals surface area contributed by atoms with Crippen LogP contribution >= 0.6 is 0 Å². The zero-order valence-electron chi connectivity index (χ0n) is 17.1. The van der Waals surface area contributed by atoms with Crippen molar-refractivity contribution in [3.05, 3.63) is 11.5 Å². The van der Waals surface area contributed by atoms with Crippen LogP contribution in [0.25, 0.3) is 0 Å². The Morgan fingerprint density at radius 3 is 2.22 bits per heavy atom. The maximum atomic E-state index is 15.0. The van der Waals surface area contributed by atoms with E-state index < -0.39 is 29.2 Å². The molecular formula is C18H29FN4O4. The van der Waals surface area contributed by atoms with Gasteiger partial charge in [-0.25, -0.2) is 14.0 Å². The van der Waals surface area contributed by atoms with E-state index >= 15 is 4.39 Å². The van der Waals surface area contributed by atoms with Crippen molar-refractivity contribution in [1.82, 2.24) is 14.7 Å². The van der Waals surface area contributed by atoms with Crippen LogP contribution in [0.5, 0.6) is 0 Å². The Morgan fingerprint density at radius 2 is 1.67 bits per heavy atom. The number of hydrogen-bond donors (Lipinski definition) is 0. The van der Waals surface area contributed by atoms with Crippen LogP contribution in [0.3, 0.4) is 0 Å². The zero-order chi connectivity index (χ0) is 20.6. The highest BCUT2D eigenvalue weighted by Gasteiger charge is 2.31. The normalized spacial score (nSPS) is 15.0. The third-order valence-corrected chi connectivity index (χ3v) is 3.75. The number of halogens is 1. The van der Waals surface area contributed by atoms with Crippen LogP contribution in [0.2, 0.25) is 0 Å². The molecule has 0 aliphatic carbocycles. The average molecular weight is 384 g/mol. The molecule has 27 heavy (non-hydrogen) atoms. The van der Waals surface area contributed by atoms with E-state index in [4.69, 9.17) is 9.47 Å². The standard InChI is InChI=1S/C18H29FN4O4/c1-17(2,3)26-15(24)21(7)14-13(19)12-11-22(9-8-10-23(12)20-14)16(25)27-18(4,5)6/h8-11H2,1-7H3. The molecule has 0 saturated heterocycles. The Labute approximate surface area is 159 Å². The van der Waals surface area contributed by atoms with Gasteiger partial charge in [-0.1, -0.05) is 0 Å². The molecule has 0 atom stereocenters. The Morgan fingerprint density at radius 1 is 1.07 bits per heavy atom. The third-order valence-electron chi connectivity index (χ3n) is 3.75. The minimum atomic E-state index is -0.702. The van der Waals surface area contributed by atoms with Crippen LogP contribution in [0.15, 0.2) is 0 Å². The number of rotatable bonds is 1. The summed E-state index contributed by atoms with van der Waals surface area (Å²) in [7, 11) is 1.41. The first-order valence-corrected chi connectivity index (χ1v) is 8.98. The zero-order valence-corrected chi connectivity index (χ0v) is 17.1. The molecule has 1 aromatic rings. The molecule has 0 saturated carbocycles. The topological polar surface area (TPSA) is 76.9 Å². The van der Waals surface area contributed by atoms with Crippen LogP contribution in [-0.4, -0.2) is 51.7 Å². The number of anilines is 1. The van der Waals surface area contributed by atoms with Gasteiger partial charge in [-0.3, -0.25) is 9.58 Å². The quantitative estimate of drug-likeness (QED) is 0.740. The molecule has 0 fully saturated rings. The van der Waals surface area contributed by atoms with Crippen LogP contribution in [-0.2, 0) is 22.6 Å². The van der Waals surface area contributed by atoms with Crippen LogP contribution in [0, 0.1) is 5.82 Å². The van der Waals surface area contributed by atoms with Gasteiger partial charge in [0.1, 0.15) is 11.2 Å². The summed E-state index contributed by atoms with van der Waals surface area (Å²) in [5, 5.41) is 4.22. The average Bonchev–Trinajstić information content (AvgIpc) is 2.67. The minimum absolute atomic E-state index is 0.0237. The van der Waals surface area contributed by atoms with Crippen molar-refractivity contribution in [2.24, 2.45) is 0 Å². The summed E-state index contributed by atoms with van der Waals surface area (Å²) in [6.45, 7) is 11.4. The highest BCUT2D eigenvalue weighted by Crippen LogP contribution is 2.26. The smallest absolute Gasteiger partial charge is 0.415 e. The largest absolute Gasteiger partial charge is 0.444 e. The summed E-state index contributed by atoms with van der Waals surface area (Å²) in [5.74, 6) is -0.760. The molecule has 0 N–H and O–H groups in total. The third kappa shape index (κ3) is 5.33. The number of amides is 2. The fourth-order valence-corrected chi connectivity index (χ4v) is 2.58. The Hall–Kier alpha value is -2.32. The van der Waals surface area contributed by atoms with Gasteiger partial charge in [0, 0.05) is 20.1 Å². The first kappa shape index (κ1) is 21.0. The maximum Gasteiger partial charge on any atom is 0.415 e. The molecule has 0 bridgehead atoms. The first-order chi connectivity index (χ1) is 12.3. The van der Waals surface area contributed by atoms with Gasteiger partial charge < -0.3 is 14.4 Å². The number of aromatic nitrogens is 2. The molecule has 152 valence electrons. The molecule has 8 nitrogen and oxygen atoms in total. The van der Waals surface area contributed by atoms with Crippen LogP contribution in [0.1, 0.15) is 53.7 Å². The van der Waals surface area contributed by atoms with E-state index in [0.717, 1.165) is 4.90 Å². The van der Waals surface area contributed by atoms with E-state index in [1.165, 1.54) is 16.6 Å². The van der Waals surface area contributed by atoms with E-state index in [0.29, 0.717) is 19.5 Å². The number of ether oxygens (including phenoxy) is 2. The van der Waals surface area contributed by atoms with E-state index in [9.17, 15) is 9.59 Å². The second-order valence-corrected chi connectivity index (χ2v) is 8.60. The maximum absolute atomic E-state index is 15.0. The Balaban J connectivity index is 2.23. The molecule has 0 spiro atoms. The predicted molar refractivity (Wildman–Crippen MR) is 98.1 cm³/mol. The van der Waals surface area contributed by atoms with Crippen molar-refractivity contribution >= 4 is 18.0 Å². The van der Waals surface area contributed by atoms with Crippen molar-refractivity contribution in [2.45, 2.75) is 72.3 Å². The molecule has 0 radical (unpaired) electrons. The summed E-state index contributed by atoms with van der Waals surface area (Å²) in [5.41, 5.74) is -1.10. The fourth-order valence-electron chi connectivity index (χ4n) is 2.58. The van der Waals surface area contributed by atoms with Gasteiger partial charge in [-0.15, -0.1) is 0 Å². The summed E-state index contributed by atoms with van der Waals surface area (Å²) in [6, 6.07) is 0. The lowest BCUT2D eigenvalue weighted by atomic mass is 10.2. The summed E-state index contributed by atoms with van der Waals surface area (Å²) in [4.78, 5) is 27.1. The van der Waals surface area contributed by atoms with E-state index in [-0.39, 0.29) is 18.1 Å². The van der Waals surface area contributed by atoms with Gasteiger partial charge in [-0.05, 0) is 48.0 Å². The molecule has 2 rings (SSSR count). The number of fused-ring (bicyclic) bond motifs is 1. The molecule has 1 aliphatic heterocycles. The first-order valence-electron chi connectivity index (χ1n) is 8.98. The molecule has 1 aromatic heterocycles. The molecule has 2 amide bonds. The van der Waals surface area contributed by atoms with Gasteiger partial charge >= 0.3 is 12.2 Å². The van der Waals surface area contributed by atoms with Crippen LogP contribution in [0.4, 0.5) is 19.8 Å². The van der Waals surface area contributed by atoms with Gasteiger partial charge in [0.15, 0.2) is 11.6 Å². The number of carbonyl (C=O) groups is 2. The SMILES string of the molecule is CN(C(=O)OC(C)(C)C)c1nn2c(c1F)CN(C(=O)OC(C)(C)C)CCC2. The molecule has 2 heterocycles. The van der Waals surface area contributed by atoms with Gasteiger partial charge in [0.2, 0.25) is 0 Å².